The molecule has 3 saturated carbocycles. The first kappa shape index (κ1) is 67.2. The fourth-order valence-electron chi connectivity index (χ4n) is 12.7. The zero-order valence-electron chi connectivity index (χ0n) is 52.9. The molecule has 18 nitrogen and oxygen atoms in total. The number of aryl methyl sites for hydroxylation is 2. The molecular weight excluding hydrogens is 1230 g/mol. The van der Waals surface area contributed by atoms with E-state index in [-0.39, 0.29) is 71.3 Å². The summed E-state index contributed by atoms with van der Waals surface area (Å²) in [6.07, 6.45) is 8.22. The van der Waals surface area contributed by atoms with Crippen LogP contribution in [0.15, 0.2) is 158 Å². The van der Waals surface area contributed by atoms with E-state index in [0.717, 1.165) is 105 Å². The normalized spacial score (nSPS) is 18.5. The van der Waals surface area contributed by atoms with Gasteiger partial charge in [-0.15, -0.1) is 0 Å². The van der Waals surface area contributed by atoms with Crippen LogP contribution in [0.3, 0.4) is 0 Å². The summed E-state index contributed by atoms with van der Waals surface area (Å²) in [5.74, 6) is -0.0547. The number of allylic oxidation sites excluding steroid dienone is 3. The molecule has 0 spiro atoms. The number of ketones is 3. The van der Waals surface area contributed by atoms with E-state index in [1.807, 2.05) is 80.6 Å². The number of nitrogens with zero attached hydrogens (tertiary/aromatic N) is 3. The Balaban J connectivity index is 0.000000154. The van der Waals surface area contributed by atoms with Crippen LogP contribution in [0.2, 0.25) is 10.0 Å². The van der Waals surface area contributed by atoms with Crippen LogP contribution in [0.1, 0.15) is 153 Å². The maximum Gasteiger partial charge on any atom is 0.319 e. The molecule has 3 unspecified atom stereocenters. The van der Waals surface area contributed by atoms with E-state index in [0.29, 0.717) is 116 Å². The van der Waals surface area contributed by atoms with Gasteiger partial charge in [-0.2, -0.15) is 0 Å². The third-order valence-electron chi connectivity index (χ3n) is 17.7. The van der Waals surface area contributed by atoms with Crippen molar-refractivity contribution in [3.8, 4) is 0 Å². The maximum absolute atomic E-state index is 12.9. The molecule has 9 amide bonds. The third kappa shape index (κ3) is 16.9. The molecule has 12 rings (SSSR count). The molecule has 3 aliphatic heterocycles. The number of fused-ring (bicyclic) bond motifs is 3. The first-order valence-electron chi connectivity index (χ1n) is 31.7. The standard InChI is InChI=1S/C25H26ClN3O3.C25H27N3O3.C24H24ClN3O3/c1-15-4-3-5-22(23(30)10-15)29-14-18-11-17(7-9-20(18)24(29)31)13-27-25(32)28-19-8-6-16(2)21(26)12-19;1-16-6-9-20(10-7-16)27-25(31)26-14-18-8-11-21-19(13-18)15-28(24(21)30)22-5-3-4-17(2)12-23(22)29;1-15-4-2-7-21(22(29)10-15)28-14-17-11-16(8-9-20(17)23(28)30)13-26-24(31)27-19-6-3-5-18(25)12-19/h6-9,11-12,22H,1,3-5,10,13-14H2,2H3,(H2,27,28,32);6-11,13,22H,2-5,12,14-15H2,1H3,(H2,26,27,31);3,5-6,8-9,11-12,21H,1-2,4,7,10,13-14H2,(H2,26,27,31). The zero-order chi connectivity index (χ0) is 66.7. The van der Waals surface area contributed by atoms with Crippen LogP contribution >= 0.6 is 23.2 Å². The number of urea groups is 3. The molecule has 3 aliphatic carbocycles. The van der Waals surface area contributed by atoms with Gasteiger partial charge in [0.15, 0.2) is 17.3 Å². The topological polar surface area (TPSA) is 236 Å². The molecule has 3 heterocycles. The van der Waals surface area contributed by atoms with Crippen LogP contribution in [0.5, 0.6) is 0 Å². The number of benzene rings is 6. The van der Waals surface area contributed by atoms with Gasteiger partial charge >= 0.3 is 18.1 Å². The number of nitrogens with one attached hydrogen (secondary N) is 6. The number of halogens is 2. The highest BCUT2D eigenvalue weighted by molar-refractivity contribution is 6.31. The predicted molar refractivity (Wildman–Crippen MR) is 365 cm³/mol. The largest absolute Gasteiger partial charge is 0.334 e. The van der Waals surface area contributed by atoms with Crippen LogP contribution in [-0.4, -0.2) is 86.0 Å². The van der Waals surface area contributed by atoms with E-state index in [2.05, 4.69) is 51.6 Å². The molecule has 20 heteroatoms. The lowest BCUT2D eigenvalue weighted by atomic mass is 10.1. The summed E-state index contributed by atoms with van der Waals surface area (Å²) in [7, 11) is 0. The number of carbonyl (C=O) groups excluding carboxylic acids is 9. The summed E-state index contributed by atoms with van der Waals surface area (Å²) in [6, 6.07) is 34.4. The van der Waals surface area contributed by atoms with E-state index < -0.39 is 0 Å². The van der Waals surface area contributed by atoms with Gasteiger partial charge in [0.05, 0.1) is 18.1 Å². The maximum atomic E-state index is 12.9. The molecule has 6 N–H and O–H groups in total. The van der Waals surface area contributed by atoms with Crippen LogP contribution < -0.4 is 31.9 Å². The average Bonchev–Trinajstić information content (AvgIpc) is 1.67. The Bertz CT molecular complexity index is 4030. The van der Waals surface area contributed by atoms with Crippen molar-refractivity contribution in [3.63, 3.8) is 0 Å². The number of hydrogen-bond donors (Lipinski definition) is 6. The van der Waals surface area contributed by atoms with Gasteiger partial charge in [0.25, 0.3) is 17.7 Å². The number of Topliss-reactive ketones (excluding diaryl/α,β-unsaturated/α-hetero) is 3. The Morgan fingerprint density at radius 2 is 0.809 bits per heavy atom. The Morgan fingerprint density at radius 1 is 0.447 bits per heavy atom. The molecule has 6 aliphatic rings. The first-order chi connectivity index (χ1) is 45.1. The fraction of sp³-hybridized carbons (Fsp3) is 0.311. The van der Waals surface area contributed by atoms with Gasteiger partial charge in [-0.05, 0) is 171 Å². The van der Waals surface area contributed by atoms with Gasteiger partial charge in [0, 0.05) is 102 Å². The Kier molecular flexibility index (Phi) is 21.8. The highest BCUT2D eigenvalue weighted by atomic mass is 35.5. The molecule has 3 fully saturated rings. The summed E-state index contributed by atoms with van der Waals surface area (Å²) < 4.78 is 0. The summed E-state index contributed by atoms with van der Waals surface area (Å²) in [5, 5.41) is 17.9. The van der Waals surface area contributed by atoms with E-state index >= 15 is 0 Å². The van der Waals surface area contributed by atoms with Crippen molar-refractivity contribution in [2.45, 2.75) is 148 Å². The van der Waals surface area contributed by atoms with Crippen LogP contribution in [0, 0.1) is 13.8 Å². The van der Waals surface area contributed by atoms with Gasteiger partial charge < -0.3 is 46.6 Å². The summed E-state index contributed by atoms with van der Waals surface area (Å²) in [5.41, 5.74) is 14.1. The lowest BCUT2D eigenvalue weighted by Gasteiger charge is -2.25. The van der Waals surface area contributed by atoms with Crippen LogP contribution in [0.4, 0.5) is 31.4 Å². The molecule has 3 atom stereocenters. The molecule has 6 aromatic carbocycles. The van der Waals surface area contributed by atoms with Gasteiger partial charge in [0.1, 0.15) is 0 Å². The summed E-state index contributed by atoms with van der Waals surface area (Å²) in [4.78, 5) is 118. The summed E-state index contributed by atoms with van der Waals surface area (Å²) in [6.45, 7) is 18.0. The first-order valence-corrected chi connectivity index (χ1v) is 32.5. The minimum absolute atomic E-state index is 0.0724. The second kappa shape index (κ2) is 30.4. The highest BCUT2D eigenvalue weighted by Gasteiger charge is 2.40. The quantitative estimate of drug-likeness (QED) is 0.0504. The molecule has 6 aromatic rings. The van der Waals surface area contributed by atoms with Crippen molar-refractivity contribution in [1.82, 2.24) is 30.7 Å². The van der Waals surface area contributed by atoms with E-state index in [9.17, 15) is 43.2 Å². The number of amides is 9. The smallest absolute Gasteiger partial charge is 0.319 e. The molecule has 0 bridgehead atoms. The van der Waals surface area contributed by atoms with Crippen molar-refractivity contribution in [2.24, 2.45) is 0 Å². The second-order valence-corrected chi connectivity index (χ2v) is 25.8. The number of rotatable bonds is 12. The second-order valence-electron chi connectivity index (χ2n) is 24.9. The number of hydrogen-bond acceptors (Lipinski definition) is 9. The third-order valence-corrected chi connectivity index (χ3v) is 18.4. The molecule has 0 aromatic heterocycles. The predicted octanol–water partition coefficient (Wildman–Crippen LogP) is 14.0. The van der Waals surface area contributed by atoms with Crippen molar-refractivity contribution in [1.29, 1.82) is 0 Å². The summed E-state index contributed by atoms with van der Waals surface area (Å²) >= 11 is 12.0. The Labute approximate surface area is 557 Å². The minimum Gasteiger partial charge on any atom is -0.334 e. The highest BCUT2D eigenvalue weighted by Crippen LogP contribution is 2.35. The van der Waals surface area contributed by atoms with Crippen LogP contribution in [-0.2, 0) is 53.7 Å². The minimum atomic E-state index is -0.386. The average molecular weight is 1310 g/mol. The Morgan fingerprint density at radius 3 is 1.18 bits per heavy atom. The van der Waals surface area contributed by atoms with Crippen molar-refractivity contribution >= 4 is 93.4 Å². The number of carbonyl (C=O) groups is 9. The van der Waals surface area contributed by atoms with E-state index in [1.165, 1.54) is 0 Å². The number of anilines is 3. The van der Waals surface area contributed by atoms with E-state index in [4.69, 9.17) is 23.2 Å². The van der Waals surface area contributed by atoms with Gasteiger partial charge in [-0.3, -0.25) is 28.8 Å². The Hall–Kier alpha value is -9.65. The lowest BCUT2D eigenvalue weighted by molar-refractivity contribution is -0.123. The van der Waals surface area contributed by atoms with Gasteiger partial charge in [-0.25, -0.2) is 14.4 Å². The van der Waals surface area contributed by atoms with Crippen molar-refractivity contribution in [2.75, 3.05) is 16.0 Å². The molecule has 0 saturated heterocycles. The lowest BCUT2D eigenvalue weighted by Crippen LogP contribution is -2.40. The van der Waals surface area contributed by atoms with E-state index in [1.54, 1.807) is 69.3 Å². The molecule has 0 radical (unpaired) electrons. The van der Waals surface area contributed by atoms with Crippen molar-refractivity contribution < 1.29 is 43.2 Å². The van der Waals surface area contributed by atoms with Gasteiger partial charge in [-0.1, -0.05) is 126 Å². The van der Waals surface area contributed by atoms with Crippen molar-refractivity contribution in [3.05, 3.63) is 229 Å². The van der Waals surface area contributed by atoms with Crippen LogP contribution in [0.25, 0.3) is 0 Å². The molecule has 94 heavy (non-hydrogen) atoms. The molecular formula is C74H77Cl2N9O9. The van der Waals surface area contributed by atoms with Gasteiger partial charge in [0.2, 0.25) is 0 Å². The fourth-order valence-corrected chi connectivity index (χ4v) is 13.1. The zero-order valence-corrected chi connectivity index (χ0v) is 54.4. The molecule has 486 valence electrons. The monoisotopic (exact) mass is 1310 g/mol. The SMILES string of the molecule is C=C1CCCC(N2Cc3cc(CNC(=O)Nc4ccc(C)c(Cl)c4)ccc3C2=O)C(=O)C1.C=C1CCCC(N2Cc3cc(CNC(=O)Nc4ccc(C)cc4)ccc3C2=O)C(=O)C1.C=C1CCCC(N2Cc3cc(CNC(=O)Nc4cccc(Cl)c4)ccc3C2=O)C(=O)C1.